The van der Waals surface area contributed by atoms with Gasteiger partial charge in [0.15, 0.2) is 11.6 Å². The zero-order valence-corrected chi connectivity index (χ0v) is 22.5. The normalized spacial score (nSPS) is 17.9. The quantitative estimate of drug-likeness (QED) is 0.159. The molecule has 2 atom stereocenters. The van der Waals surface area contributed by atoms with Crippen molar-refractivity contribution < 1.29 is 33.8 Å². The fourth-order valence-corrected chi connectivity index (χ4v) is 5.51. The lowest BCUT2D eigenvalue weighted by molar-refractivity contribution is -0.164. The van der Waals surface area contributed by atoms with E-state index in [1.54, 1.807) is 43.3 Å². The van der Waals surface area contributed by atoms with E-state index in [0.29, 0.717) is 54.7 Å². The van der Waals surface area contributed by atoms with Crippen LogP contribution in [0.4, 0.5) is 4.39 Å². The second kappa shape index (κ2) is 12.8. The van der Waals surface area contributed by atoms with Crippen molar-refractivity contribution in [2.45, 2.75) is 19.3 Å². The minimum absolute atomic E-state index is 0.0548. The number of aromatic hydroxyl groups is 2. The zero-order valence-electron chi connectivity index (χ0n) is 22.5. The number of hydrogen-bond donors (Lipinski definition) is 2. The summed E-state index contributed by atoms with van der Waals surface area (Å²) in [7, 11) is 1.49. The van der Waals surface area contributed by atoms with Gasteiger partial charge >= 0.3 is 0 Å². The van der Waals surface area contributed by atoms with Crippen molar-refractivity contribution in [3.05, 3.63) is 94.8 Å². The molecule has 1 fully saturated rings. The highest BCUT2D eigenvalue weighted by Crippen LogP contribution is 2.42. The summed E-state index contributed by atoms with van der Waals surface area (Å²) in [4.78, 5) is 46.2. The Labute approximate surface area is 232 Å². The van der Waals surface area contributed by atoms with Crippen molar-refractivity contribution in [2.75, 3.05) is 33.3 Å². The molecular formula is C31H33FN2O6. The summed E-state index contributed by atoms with van der Waals surface area (Å²) in [5.74, 6) is -3.19. The number of carbonyl (C=O) groups excluding carboxylic acids is 3. The fourth-order valence-electron chi connectivity index (χ4n) is 5.51. The van der Waals surface area contributed by atoms with Gasteiger partial charge in [-0.25, -0.2) is 9.45 Å². The highest BCUT2D eigenvalue weighted by atomic mass is 19.1. The number of phenolic OH excluding ortho intramolecular Hbond substituents is 2. The SMILES string of the molecule is Cc1c(F)cccc1C1[C@@H](C(=O)c2cccc(O)c2)CN(CCCON(C)C=O)C[C@@H]1C(=O)c1cccc(O)c1. The van der Waals surface area contributed by atoms with Crippen LogP contribution in [0.1, 0.15) is 44.2 Å². The third kappa shape index (κ3) is 6.55. The van der Waals surface area contributed by atoms with Gasteiger partial charge in [-0.05, 0) is 54.8 Å². The summed E-state index contributed by atoms with van der Waals surface area (Å²) in [6.07, 6.45) is 1.09. The molecule has 0 unspecified atom stereocenters. The van der Waals surface area contributed by atoms with Crippen molar-refractivity contribution in [1.29, 1.82) is 0 Å². The Balaban J connectivity index is 1.77. The van der Waals surface area contributed by atoms with Crippen LogP contribution in [0.25, 0.3) is 0 Å². The van der Waals surface area contributed by atoms with Gasteiger partial charge in [0.05, 0.1) is 6.61 Å². The topological polar surface area (TPSA) is 107 Å². The molecule has 0 bridgehead atoms. The number of amides is 1. The summed E-state index contributed by atoms with van der Waals surface area (Å²) in [6.45, 7) is 2.97. The standard InChI is InChI=1S/C31H33FN2O6/c1-20-25(11-5-12-28(20)32)29-26(30(38)21-7-3-9-23(36)15-21)17-34(13-6-14-40-33(2)19-35)18-27(29)31(39)22-8-4-10-24(37)16-22/h3-5,7-12,15-16,19,26-27,29,36-37H,6,13-14,17-18H2,1-2H3/t26-,27-/m0/s1. The van der Waals surface area contributed by atoms with Crippen LogP contribution in [0, 0.1) is 24.6 Å². The van der Waals surface area contributed by atoms with Gasteiger partial charge in [0, 0.05) is 55.6 Å². The summed E-state index contributed by atoms with van der Waals surface area (Å²) in [5.41, 5.74) is 1.54. The molecule has 40 heavy (non-hydrogen) atoms. The Morgan fingerprint density at radius 2 is 1.52 bits per heavy atom. The molecule has 0 radical (unpaired) electrons. The molecular weight excluding hydrogens is 515 g/mol. The number of Topliss-reactive ketones (excluding diaryl/α,β-unsaturated/α-hetero) is 2. The Morgan fingerprint density at radius 3 is 2.05 bits per heavy atom. The number of hydrogen-bond acceptors (Lipinski definition) is 7. The van der Waals surface area contributed by atoms with Crippen LogP contribution in [0.5, 0.6) is 11.5 Å². The molecule has 9 heteroatoms. The molecule has 1 heterocycles. The molecule has 0 aromatic heterocycles. The first-order valence-corrected chi connectivity index (χ1v) is 13.1. The van der Waals surface area contributed by atoms with Crippen LogP contribution in [-0.2, 0) is 9.63 Å². The Morgan fingerprint density at radius 1 is 0.975 bits per heavy atom. The van der Waals surface area contributed by atoms with Crippen LogP contribution in [0.3, 0.4) is 0 Å². The van der Waals surface area contributed by atoms with Gasteiger partial charge in [-0.15, -0.1) is 0 Å². The van der Waals surface area contributed by atoms with Crippen molar-refractivity contribution in [2.24, 2.45) is 11.8 Å². The number of likely N-dealkylation sites (tertiary alicyclic amines) is 1. The van der Waals surface area contributed by atoms with E-state index < -0.39 is 23.6 Å². The van der Waals surface area contributed by atoms with Crippen LogP contribution in [-0.4, -0.2) is 71.4 Å². The molecule has 8 nitrogen and oxygen atoms in total. The fraction of sp³-hybridized carbons (Fsp3) is 0.323. The maximum Gasteiger partial charge on any atom is 0.233 e. The number of benzene rings is 3. The van der Waals surface area contributed by atoms with Gasteiger partial charge in [-0.2, -0.15) is 0 Å². The van der Waals surface area contributed by atoms with Gasteiger partial charge < -0.3 is 15.1 Å². The van der Waals surface area contributed by atoms with Gasteiger partial charge in [0.1, 0.15) is 17.3 Å². The molecule has 1 aliphatic heterocycles. The predicted octanol–water partition coefficient (Wildman–Crippen LogP) is 4.35. The monoisotopic (exact) mass is 548 g/mol. The number of nitrogens with zero attached hydrogens (tertiary/aromatic N) is 2. The van der Waals surface area contributed by atoms with E-state index >= 15 is 0 Å². The summed E-state index contributed by atoms with van der Waals surface area (Å²) in [6, 6.07) is 16.8. The molecule has 1 saturated heterocycles. The molecule has 3 aromatic rings. The highest BCUT2D eigenvalue weighted by molar-refractivity contribution is 6.02. The van der Waals surface area contributed by atoms with Gasteiger partial charge in [-0.1, -0.05) is 36.4 Å². The van der Waals surface area contributed by atoms with Gasteiger partial charge in [-0.3, -0.25) is 19.2 Å². The van der Waals surface area contributed by atoms with E-state index in [1.165, 1.54) is 37.4 Å². The first-order chi connectivity index (χ1) is 19.2. The lowest BCUT2D eigenvalue weighted by Gasteiger charge is -2.43. The summed E-state index contributed by atoms with van der Waals surface area (Å²) < 4.78 is 14.8. The van der Waals surface area contributed by atoms with Gasteiger partial charge in [0.2, 0.25) is 6.41 Å². The first kappa shape index (κ1) is 28.9. The molecule has 2 N–H and O–H groups in total. The second-order valence-corrected chi connectivity index (χ2v) is 10.1. The molecule has 1 aliphatic rings. The largest absolute Gasteiger partial charge is 0.508 e. The van der Waals surface area contributed by atoms with E-state index in [4.69, 9.17) is 4.84 Å². The van der Waals surface area contributed by atoms with E-state index in [2.05, 4.69) is 0 Å². The summed E-state index contributed by atoms with van der Waals surface area (Å²) in [5, 5.41) is 21.2. The maximum atomic E-state index is 14.8. The highest BCUT2D eigenvalue weighted by Gasteiger charge is 2.45. The third-order valence-corrected chi connectivity index (χ3v) is 7.44. The van der Waals surface area contributed by atoms with Crippen LogP contribution in [0.2, 0.25) is 0 Å². The second-order valence-electron chi connectivity index (χ2n) is 10.1. The van der Waals surface area contributed by atoms with E-state index in [1.807, 2.05) is 4.90 Å². The lowest BCUT2D eigenvalue weighted by Crippen LogP contribution is -2.51. The van der Waals surface area contributed by atoms with Crippen LogP contribution in [0.15, 0.2) is 66.7 Å². The van der Waals surface area contributed by atoms with E-state index in [9.17, 15) is 29.0 Å². The molecule has 0 saturated carbocycles. The maximum absolute atomic E-state index is 14.8. The molecule has 4 rings (SSSR count). The number of carbonyl (C=O) groups is 3. The Hall–Kier alpha value is -4.08. The zero-order chi connectivity index (χ0) is 28.8. The van der Waals surface area contributed by atoms with Crippen LogP contribution >= 0.6 is 0 Å². The molecule has 1 amide bonds. The molecule has 210 valence electrons. The van der Waals surface area contributed by atoms with Crippen LogP contribution < -0.4 is 0 Å². The number of rotatable bonds is 11. The number of phenols is 2. The Kier molecular flexibility index (Phi) is 9.29. The number of piperidine rings is 1. The number of hydroxylamine groups is 2. The predicted molar refractivity (Wildman–Crippen MR) is 147 cm³/mol. The minimum atomic E-state index is -0.735. The van der Waals surface area contributed by atoms with E-state index in [-0.39, 0.29) is 29.7 Å². The number of halogens is 1. The number of ketones is 2. The average molecular weight is 549 g/mol. The summed E-state index contributed by atoms with van der Waals surface area (Å²) >= 11 is 0. The van der Waals surface area contributed by atoms with Gasteiger partial charge in [0.25, 0.3) is 0 Å². The lowest BCUT2D eigenvalue weighted by atomic mass is 9.67. The van der Waals surface area contributed by atoms with Crippen molar-refractivity contribution in [3.8, 4) is 11.5 Å². The van der Waals surface area contributed by atoms with Crippen molar-refractivity contribution in [3.63, 3.8) is 0 Å². The van der Waals surface area contributed by atoms with E-state index in [0.717, 1.165) is 5.06 Å². The van der Waals surface area contributed by atoms with Crippen molar-refractivity contribution in [1.82, 2.24) is 9.96 Å². The molecule has 0 spiro atoms. The minimum Gasteiger partial charge on any atom is -0.508 e. The molecule has 3 aromatic carbocycles. The molecule has 0 aliphatic carbocycles. The Bertz CT molecular complexity index is 1310. The smallest absolute Gasteiger partial charge is 0.233 e. The average Bonchev–Trinajstić information content (AvgIpc) is 2.95. The van der Waals surface area contributed by atoms with Crippen molar-refractivity contribution >= 4 is 18.0 Å². The third-order valence-electron chi connectivity index (χ3n) is 7.44. The first-order valence-electron chi connectivity index (χ1n) is 13.1.